The first-order valence-corrected chi connectivity index (χ1v) is 8.85. The molecule has 3 aromatic rings. The summed E-state index contributed by atoms with van der Waals surface area (Å²) in [7, 11) is 0. The monoisotopic (exact) mass is 379 g/mol. The summed E-state index contributed by atoms with van der Waals surface area (Å²) in [4.78, 5) is 23.8. The summed E-state index contributed by atoms with van der Waals surface area (Å²) in [5.74, 6) is 0.458. The standard InChI is InChI=1S/C19H18FN7O/c20-16-13-22-8-5-15(16)19(28)27-11-9-26(10-12-27)18-2-1-17(24-25-18)23-14-3-6-21-7-4-14/h1-8,13H,9-12H2,(H,21,23,24). The van der Waals surface area contributed by atoms with E-state index in [4.69, 9.17) is 0 Å². The SMILES string of the molecule is O=C(c1ccncc1F)N1CCN(c2ccc(Nc3ccncc3)nn2)CC1. The van der Waals surface area contributed by atoms with Crippen LogP contribution in [0.1, 0.15) is 10.4 Å². The van der Waals surface area contributed by atoms with Crippen LogP contribution in [0.15, 0.2) is 55.1 Å². The minimum Gasteiger partial charge on any atom is -0.352 e. The van der Waals surface area contributed by atoms with E-state index in [0.29, 0.717) is 32.0 Å². The lowest BCUT2D eigenvalue weighted by atomic mass is 10.2. The predicted octanol–water partition coefficient (Wildman–Crippen LogP) is 2.11. The van der Waals surface area contributed by atoms with Crippen LogP contribution in [0, 0.1) is 5.82 Å². The number of piperazine rings is 1. The Morgan fingerprint density at radius 2 is 1.68 bits per heavy atom. The molecule has 0 bridgehead atoms. The first-order valence-electron chi connectivity index (χ1n) is 8.85. The predicted molar refractivity (Wildman–Crippen MR) is 102 cm³/mol. The van der Waals surface area contributed by atoms with Crippen LogP contribution in [-0.2, 0) is 0 Å². The van der Waals surface area contributed by atoms with E-state index in [2.05, 4.69) is 30.4 Å². The number of amides is 1. The highest BCUT2D eigenvalue weighted by atomic mass is 19.1. The highest BCUT2D eigenvalue weighted by Crippen LogP contribution is 2.18. The molecule has 0 radical (unpaired) electrons. The van der Waals surface area contributed by atoms with Crippen molar-refractivity contribution in [1.29, 1.82) is 0 Å². The van der Waals surface area contributed by atoms with Crippen molar-refractivity contribution in [2.45, 2.75) is 0 Å². The van der Waals surface area contributed by atoms with Gasteiger partial charge in [0.1, 0.15) is 0 Å². The zero-order valence-corrected chi connectivity index (χ0v) is 15.0. The van der Waals surface area contributed by atoms with Gasteiger partial charge in [0.15, 0.2) is 17.5 Å². The van der Waals surface area contributed by atoms with Crippen molar-refractivity contribution in [1.82, 2.24) is 25.1 Å². The summed E-state index contributed by atoms with van der Waals surface area (Å²) in [5.41, 5.74) is 0.933. The van der Waals surface area contributed by atoms with Crippen molar-refractivity contribution in [2.75, 3.05) is 36.4 Å². The van der Waals surface area contributed by atoms with Gasteiger partial charge in [-0.3, -0.25) is 14.8 Å². The summed E-state index contributed by atoms with van der Waals surface area (Å²) in [5, 5.41) is 11.6. The summed E-state index contributed by atoms with van der Waals surface area (Å²) < 4.78 is 13.8. The molecule has 3 aromatic heterocycles. The molecule has 0 saturated carbocycles. The van der Waals surface area contributed by atoms with Gasteiger partial charge in [-0.05, 0) is 30.3 Å². The average molecular weight is 379 g/mol. The number of hydrogen-bond donors (Lipinski definition) is 1. The van der Waals surface area contributed by atoms with Crippen LogP contribution >= 0.6 is 0 Å². The van der Waals surface area contributed by atoms with Gasteiger partial charge < -0.3 is 15.1 Å². The van der Waals surface area contributed by atoms with Crippen molar-refractivity contribution in [3.8, 4) is 0 Å². The molecule has 1 saturated heterocycles. The third-order valence-corrected chi connectivity index (χ3v) is 4.50. The smallest absolute Gasteiger partial charge is 0.257 e. The van der Waals surface area contributed by atoms with Crippen LogP contribution < -0.4 is 10.2 Å². The zero-order valence-electron chi connectivity index (χ0n) is 15.0. The number of rotatable bonds is 4. The fourth-order valence-electron chi connectivity index (χ4n) is 3.00. The summed E-state index contributed by atoms with van der Waals surface area (Å²) >= 11 is 0. The lowest BCUT2D eigenvalue weighted by Crippen LogP contribution is -2.49. The lowest BCUT2D eigenvalue weighted by molar-refractivity contribution is 0.0741. The molecule has 0 unspecified atom stereocenters. The second-order valence-electron chi connectivity index (χ2n) is 6.27. The molecular formula is C19H18FN7O. The van der Waals surface area contributed by atoms with E-state index in [1.807, 2.05) is 24.3 Å². The first kappa shape index (κ1) is 17.8. The van der Waals surface area contributed by atoms with Crippen molar-refractivity contribution in [3.63, 3.8) is 0 Å². The zero-order chi connectivity index (χ0) is 19.3. The van der Waals surface area contributed by atoms with Gasteiger partial charge in [0, 0.05) is 50.5 Å². The van der Waals surface area contributed by atoms with Crippen LogP contribution in [0.4, 0.5) is 21.7 Å². The number of hydrogen-bond acceptors (Lipinski definition) is 7. The fraction of sp³-hybridized carbons (Fsp3) is 0.211. The third kappa shape index (κ3) is 3.88. The molecular weight excluding hydrogens is 361 g/mol. The highest BCUT2D eigenvalue weighted by Gasteiger charge is 2.24. The van der Waals surface area contributed by atoms with Gasteiger partial charge >= 0.3 is 0 Å². The Morgan fingerprint density at radius 3 is 2.36 bits per heavy atom. The van der Waals surface area contributed by atoms with E-state index in [1.165, 1.54) is 12.3 Å². The molecule has 4 rings (SSSR count). The van der Waals surface area contributed by atoms with E-state index < -0.39 is 5.82 Å². The van der Waals surface area contributed by atoms with Gasteiger partial charge in [-0.25, -0.2) is 4.39 Å². The van der Waals surface area contributed by atoms with Gasteiger partial charge in [-0.2, -0.15) is 0 Å². The molecule has 0 aliphatic carbocycles. The molecule has 1 aliphatic rings. The van der Waals surface area contributed by atoms with Crippen molar-refractivity contribution < 1.29 is 9.18 Å². The molecule has 1 aliphatic heterocycles. The maximum Gasteiger partial charge on any atom is 0.257 e. The number of nitrogens with one attached hydrogen (secondary N) is 1. The Morgan fingerprint density at radius 1 is 0.929 bits per heavy atom. The van der Waals surface area contributed by atoms with Gasteiger partial charge in [0.2, 0.25) is 0 Å². The summed E-state index contributed by atoms with van der Waals surface area (Å²) in [6, 6.07) is 8.84. The Balaban J connectivity index is 1.36. The normalized spacial score (nSPS) is 14.0. The summed E-state index contributed by atoms with van der Waals surface area (Å²) in [6.07, 6.45) is 5.87. The Kier molecular flexibility index (Phi) is 5.05. The average Bonchev–Trinajstić information content (AvgIpc) is 2.75. The second-order valence-corrected chi connectivity index (χ2v) is 6.27. The first-order chi connectivity index (χ1) is 13.7. The molecule has 0 aromatic carbocycles. The number of halogens is 1. The van der Waals surface area contributed by atoms with Crippen LogP contribution in [-0.4, -0.2) is 57.2 Å². The number of nitrogens with zero attached hydrogens (tertiary/aromatic N) is 6. The Labute approximate surface area is 161 Å². The van der Waals surface area contributed by atoms with Gasteiger partial charge in [0.25, 0.3) is 5.91 Å². The molecule has 9 heteroatoms. The molecule has 0 spiro atoms. The third-order valence-electron chi connectivity index (χ3n) is 4.50. The fourth-order valence-corrected chi connectivity index (χ4v) is 3.00. The molecule has 1 fully saturated rings. The van der Waals surface area contributed by atoms with Gasteiger partial charge in [-0.1, -0.05) is 0 Å². The number of carbonyl (C=O) groups excluding carboxylic acids is 1. The van der Waals surface area contributed by atoms with Crippen LogP contribution in [0.3, 0.4) is 0 Å². The Hall–Kier alpha value is -3.62. The lowest BCUT2D eigenvalue weighted by Gasteiger charge is -2.35. The maximum absolute atomic E-state index is 13.8. The van der Waals surface area contributed by atoms with Crippen LogP contribution in [0.2, 0.25) is 0 Å². The minimum atomic E-state index is -0.599. The number of aromatic nitrogens is 4. The van der Waals surface area contributed by atoms with E-state index in [-0.39, 0.29) is 11.5 Å². The summed E-state index contributed by atoms with van der Waals surface area (Å²) in [6.45, 7) is 2.17. The molecule has 142 valence electrons. The minimum absolute atomic E-state index is 0.0507. The van der Waals surface area contributed by atoms with E-state index in [9.17, 15) is 9.18 Å². The number of anilines is 3. The number of pyridine rings is 2. The van der Waals surface area contributed by atoms with Crippen molar-refractivity contribution >= 4 is 23.2 Å². The van der Waals surface area contributed by atoms with Crippen molar-refractivity contribution in [3.05, 3.63) is 66.5 Å². The molecule has 1 amide bonds. The largest absolute Gasteiger partial charge is 0.352 e. The van der Waals surface area contributed by atoms with E-state index in [0.717, 1.165) is 17.7 Å². The highest BCUT2D eigenvalue weighted by molar-refractivity contribution is 5.94. The molecule has 1 N–H and O–H groups in total. The topological polar surface area (TPSA) is 87.1 Å². The molecule has 28 heavy (non-hydrogen) atoms. The quantitative estimate of drug-likeness (QED) is 0.743. The molecule has 4 heterocycles. The van der Waals surface area contributed by atoms with Gasteiger partial charge in [-0.15, -0.1) is 10.2 Å². The van der Waals surface area contributed by atoms with Crippen molar-refractivity contribution in [2.24, 2.45) is 0 Å². The maximum atomic E-state index is 13.8. The second kappa shape index (κ2) is 7.95. The van der Waals surface area contributed by atoms with E-state index in [1.54, 1.807) is 17.3 Å². The number of carbonyl (C=O) groups is 1. The Bertz CT molecular complexity index is 944. The molecule has 0 atom stereocenters. The van der Waals surface area contributed by atoms with Crippen LogP contribution in [0.25, 0.3) is 0 Å². The van der Waals surface area contributed by atoms with Gasteiger partial charge in [0.05, 0.1) is 11.8 Å². The van der Waals surface area contributed by atoms with E-state index >= 15 is 0 Å². The van der Waals surface area contributed by atoms with Crippen LogP contribution in [0.5, 0.6) is 0 Å². The molecule has 8 nitrogen and oxygen atoms in total.